The monoisotopic (exact) mass is 237 g/mol. The lowest BCUT2D eigenvalue weighted by Gasteiger charge is -2.18. The first-order chi connectivity index (χ1) is 8.09. The van der Waals surface area contributed by atoms with Crippen molar-refractivity contribution < 1.29 is 9.59 Å². The predicted octanol–water partition coefficient (Wildman–Crippen LogP) is -1.04. The second-order valence-corrected chi connectivity index (χ2v) is 3.96. The smallest absolute Gasteiger partial charge is 0.259 e. The second kappa shape index (κ2) is 4.44. The van der Waals surface area contributed by atoms with E-state index in [9.17, 15) is 9.59 Å². The number of rotatable bonds is 1. The van der Waals surface area contributed by atoms with E-state index in [1.54, 1.807) is 11.9 Å². The molecule has 1 saturated heterocycles. The van der Waals surface area contributed by atoms with Crippen molar-refractivity contribution in [3.8, 4) is 0 Å². The number of aryl methyl sites for hydroxylation is 1. The minimum absolute atomic E-state index is 0.0283. The molecule has 2 rings (SSSR count). The van der Waals surface area contributed by atoms with Gasteiger partial charge >= 0.3 is 0 Å². The van der Waals surface area contributed by atoms with Crippen molar-refractivity contribution in [3.63, 3.8) is 0 Å². The van der Waals surface area contributed by atoms with E-state index in [4.69, 9.17) is 5.73 Å². The van der Waals surface area contributed by atoms with E-state index in [1.165, 1.54) is 10.9 Å². The molecule has 0 aliphatic carbocycles. The average Bonchev–Trinajstić information content (AvgIpc) is 2.53. The Morgan fingerprint density at radius 3 is 2.94 bits per heavy atom. The number of nitrogens with zero attached hydrogens (tertiary/aromatic N) is 3. The molecule has 0 aromatic carbocycles. The Morgan fingerprint density at radius 1 is 1.53 bits per heavy atom. The Labute approximate surface area is 98.6 Å². The normalized spacial score (nSPS) is 16.5. The molecule has 1 aromatic rings. The highest BCUT2D eigenvalue weighted by Crippen LogP contribution is 2.13. The fourth-order valence-corrected chi connectivity index (χ4v) is 1.75. The van der Waals surface area contributed by atoms with Crippen LogP contribution in [0.4, 0.5) is 5.82 Å². The van der Waals surface area contributed by atoms with Gasteiger partial charge in [-0.15, -0.1) is 0 Å². The summed E-state index contributed by atoms with van der Waals surface area (Å²) in [5.74, 6) is 0.144. The lowest BCUT2D eigenvalue weighted by molar-refractivity contribution is -0.120. The van der Waals surface area contributed by atoms with Crippen molar-refractivity contribution in [1.29, 1.82) is 0 Å². The van der Waals surface area contributed by atoms with Gasteiger partial charge in [0.1, 0.15) is 11.4 Å². The summed E-state index contributed by atoms with van der Waals surface area (Å²) in [6.45, 7) is 1.39. The maximum Gasteiger partial charge on any atom is 0.259 e. The lowest BCUT2D eigenvalue weighted by atomic mass is 10.2. The molecule has 17 heavy (non-hydrogen) atoms. The second-order valence-electron chi connectivity index (χ2n) is 3.96. The van der Waals surface area contributed by atoms with E-state index in [0.29, 0.717) is 37.4 Å². The van der Waals surface area contributed by atoms with Gasteiger partial charge in [0.25, 0.3) is 5.91 Å². The van der Waals surface area contributed by atoms with Crippen LogP contribution in [-0.2, 0) is 11.8 Å². The van der Waals surface area contributed by atoms with Crippen molar-refractivity contribution in [2.45, 2.75) is 6.42 Å². The zero-order valence-corrected chi connectivity index (χ0v) is 9.64. The van der Waals surface area contributed by atoms with Crippen LogP contribution in [0.15, 0.2) is 6.20 Å². The Morgan fingerprint density at radius 2 is 2.29 bits per heavy atom. The molecule has 2 amide bonds. The molecule has 0 radical (unpaired) electrons. The van der Waals surface area contributed by atoms with Crippen LogP contribution in [0.2, 0.25) is 0 Å². The molecule has 2 heterocycles. The Kier molecular flexibility index (Phi) is 2.99. The Bertz CT molecular complexity index is 454. The lowest BCUT2D eigenvalue weighted by Crippen LogP contribution is -2.34. The first-order valence-electron chi connectivity index (χ1n) is 5.43. The molecular formula is C10H15N5O2. The van der Waals surface area contributed by atoms with Crippen molar-refractivity contribution in [3.05, 3.63) is 11.8 Å². The SMILES string of the molecule is Cn1ncc(C(=O)N2CCNC(=O)CC2)c1N. The van der Waals surface area contributed by atoms with E-state index in [1.807, 2.05) is 0 Å². The summed E-state index contributed by atoms with van der Waals surface area (Å²) < 4.78 is 1.45. The van der Waals surface area contributed by atoms with Crippen LogP contribution in [0.25, 0.3) is 0 Å². The Hall–Kier alpha value is -2.05. The largest absolute Gasteiger partial charge is 0.383 e. The number of aromatic nitrogens is 2. The zero-order valence-electron chi connectivity index (χ0n) is 9.64. The van der Waals surface area contributed by atoms with Crippen LogP contribution >= 0.6 is 0 Å². The summed E-state index contributed by atoms with van der Waals surface area (Å²) >= 11 is 0. The van der Waals surface area contributed by atoms with Gasteiger partial charge in [-0.3, -0.25) is 14.3 Å². The molecule has 0 unspecified atom stereocenters. The summed E-state index contributed by atoms with van der Waals surface area (Å²) in [6.07, 6.45) is 1.78. The standard InChI is InChI=1S/C10H15N5O2/c1-14-9(11)7(6-13-14)10(17)15-4-2-8(16)12-3-5-15/h6H,2-5,11H2,1H3,(H,12,16). The van der Waals surface area contributed by atoms with E-state index in [-0.39, 0.29) is 11.8 Å². The van der Waals surface area contributed by atoms with E-state index in [0.717, 1.165) is 0 Å². The van der Waals surface area contributed by atoms with Crippen molar-refractivity contribution in [1.82, 2.24) is 20.0 Å². The quantitative estimate of drug-likeness (QED) is 0.652. The van der Waals surface area contributed by atoms with Crippen LogP contribution < -0.4 is 11.1 Å². The number of carbonyl (C=O) groups excluding carboxylic acids is 2. The maximum atomic E-state index is 12.1. The topological polar surface area (TPSA) is 93.2 Å². The molecule has 7 nitrogen and oxygen atoms in total. The molecule has 0 atom stereocenters. The maximum absolute atomic E-state index is 12.1. The van der Waals surface area contributed by atoms with Gasteiger partial charge in [0.2, 0.25) is 5.91 Å². The minimum Gasteiger partial charge on any atom is -0.383 e. The third-order valence-corrected chi connectivity index (χ3v) is 2.81. The van der Waals surface area contributed by atoms with Gasteiger partial charge in [0, 0.05) is 33.1 Å². The summed E-state index contributed by atoms with van der Waals surface area (Å²) in [7, 11) is 1.68. The van der Waals surface area contributed by atoms with Crippen LogP contribution in [0.5, 0.6) is 0 Å². The van der Waals surface area contributed by atoms with Crippen LogP contribution in [0.3, 0.4) is 0 Å². The molecule has 0 saturated carbocycles. The number of nitrogens with one attached hydrogen (secondary N) is 1. The summed E-state index contributed by atoms with van der Waals surface area (Å²) in [4.78, 5) is 24.9. The fraction of sp³-hybridized carbons (Fsp3) is 0.500. The highest BCUT2D eigenvalue weighted by atomic mass is 16.2. The predicted molar refractivity (Wildman–Crippen MR) is 61.2 cm³/mol. The van der Waals surface area contributed by atoms with Gasteiger partial charge in [-0.25, -0.2) is 0 Å². The van der Waals surface area contributed by atoms with Gasteiger partial charge in [-0.1, -0.05) is 0 Å². The average molecular weight is 237 g/mol. The first-order valence-corrected chi connectivity index (χ1v) is 5.43. The van der Waals surface area contributed by atoms with Gasteiger partial charge in [-0.2, -0.15) is 5.10 Å². The molecule has 1 aliphatic heterocycles. The van der Waals surface area contributed by atoms with Crippen molar-refractivity contribution in [2.24, 2.45) is 7.05 Å². The molecule has 1 aliphatic rings. The summed E-state index contributed by atoms with van der Waals surface area (Å²) in [5, 5.41) is 6.65. The van der Waals surface area contributed by atoms with Gasteiger partial charge < -0.3 is 16.0 Å². The molecule has 0 bridgehead atoms. The first kappa shape index (κ1) is 11.4. The van der Waals surface area contributed by atoms with E-state index in [2.05, 4.69) is 10.4 Å². The molecule has 0 spiro atoms. The highest BCUT2D eigenvalue weighted by Gasteiger charge is 2.22. The number of carbonyl (C=O) groups is 2. The number of nitrogens with two attached hydrogens (primary N) is 1. The van der Waals surface area contributed by atoms with E-state index < -0.39 is 0 Å². The van der Waals surface area contributed by atoms with Gasteiger partial charge in [-0.05, 0) is 0 Å². The molecule has 1 aromatic heterocycles. The number of amides is 2. The zero-order chi connectivity index (χ0) is 12.4. The Balaban J connectivity index is 2.14. The summed E-state index contributed by atoms with van der Waals surface area (Å²) in [5.41, 5.74) is 6.14. The molecule has 92 valence electrons. The van der Waals surface area contributed by atoms with Crippen LogP contribution in [-0.4, -0.2) is 46.1 Å². The van der Waals surface area contributed by atoms with Crippen LogP contribution in [0, 0.1) is 0 Å². The fourth-order valence-electron chi connectivity index (χ4n) is 1.75. The third-order valence-electron chi connectivity index (χ3n) is 2.81. The highest BCUT2D eigenvalue weighted by molar-refractivity contribution is 5.98. The van der Waals surface area contributed by atoms with E-state index >= 15 is 0 Å². The molecule has 3 N–H and O–H groups in total. The number of nitrogen functional groups attached to an aromatic ring is 1. The summed E-state index contributed by atoms with van der Waals surface area (Å²) in [6, 6.07) is 0. The number of anilines is 1. The minimum atomic E-state index is -0.174. The molecule has 7 heteroatoms. The number of hydrogen-bond donors (Lipinski definition) is 2. The van der Waals surface area contributed by atoms with Gasteiger partial charge in [0.05, 0.1) is 6.20 Å². The molecule has 1 fully saturated rings. The van der Waals surface area contributed by atoms with Crippen LogP contribution in [0.1, 0.15) is 16.8 Å². The van der Waals surface area contributed by atoms with Gasteiger partial charge in [0.15, 0.2) is 0 Å². The number of hydrogen-bond acceptors (Lipinski definition) is 4. The third kappa shape index (κ3) is 2.22. The molecular weight excluding hydrogens is 222 g/mol. The van der Waals surface area contributed by atoms with Crippen molar-refractivity contribution >= 4 is 17.6 Å². The van der Waals surface area contributed by atoms with Crippen molar-refractivity contribution in [2.75, 3.05) is 25.4 Å².